The van der Waals surface area contributed by atoms with Gasteiger partial charge in [-0.25, -0.2) is 4.79 Å². The first kappa shape index (κ1) is 21.2. The van der Waals surface area contributed by atoms with E-state index in [0.29, 0.717) is 36.6 Å². The van der Waals surface area contributed by atoms with Crippen LogP contribution in [0.25, 0.3) is 0 Å². The van der Waals surface area contributed by atoms with E-state index in [-0.39, 0.29) is 18.6 Å². The maximum Gasteiger partial charge on any atom is 0.338 e. The van der Waals surface area contributed by atoms with E-state index in [1.807, 2.05) is 6.07 Å². The van der Waals surface area contributed by atoms with Crippen LogP contribution in [0.5, 0.6) is 0 Å². The molecule has 5 nitrogen and oxygen atoms in total. The quantitative estimate of drug-likeness (QED) is 0.313. The predicted molar refractivity (Wildman–Crippen MR) is 108 cm³/mol. The lowest BCUT2D eigenvalue weighted by atomic mass is 9.80. The van der Waals surface area contributed by atoms with Gasteiger partial charge in [-0.3, -0.25) is 0 Å². The van der Waals surface area contributed by atoms with E-state index in [9.17, 15) is 4.79 Å². The summed E-state index contributed by atoms with van der Waals surface area (Å²) in [6.45, 7) is 3.38. The van der Waals surface area contributed by atoms with Crippen molar-refractivity contribution in [2.75, 3.05) is 25.5 Å². The number of hydrogen-bond donors (Lipinski definition) is 3. The van der Waals surface area contributed by atoms with E-state index in [0.717, 1.165) is 16.6 Å². The smallest absolute Gasteiger partial charge is 0.338 e. The van der Waals surface area contributed by atoms with Gasteiger partial charge in [0, 0.05) is 17.1 Å². The number of nitrogens with two attached hydrogens (primary N) is 1. The van der Waals surface area contributed by atoms with E-state index in [1.54, 1.807) is 6.07 Å². The van der Waals surface area contributed by atoms with E-state index in [4.69, 9.17) is 15.6 Å². The number of carbonyl (C=O) groups is 1. The molecule has 0 saturated heterocycles. The van der Waals surface area contributed by atoms with Crippen LogP contribution in [0.2, 0.25) is 0 Å². The van der Waals surface area contributed by atoms with Crippen molar-refractivity contribution in [1.82, 2.24) is 5.32 Å². The number of anilines is 1. The second-order valence-electron chi connectivity index (χ2n) is 6.96. The Morgan fingerprint density at radius 3 is 2.73 bits per heavy atom. The van der Waals surface area contributed by atoms with Crippen LogP contribution in [0.3, 0.4) is 0 Å². The van der Waals surface area contributed by atoms with Crippen molar-refractivity contribution in [2.45, 2.75) is 57.9 Å². The summed E-state index contributed by atoms with van der Waals surface area (Å²) < 4.78 is 6.07. The fourth-order valence-electron chi connectivity index (χ4n) is 3.69. The number of benzene rings is 1. The largest absolute Gasteiger partial charge is 0.462 e. The minimum absolute atomic E-state index is 0.112. The molecule has 0 aliphatic heterocycles. The number of aliphatic hydroxyl groups is 1. The summed E-state index contributed by atoms with van der Waals surface area (Å²) in [6, 6.07) is 3.77. The summed E-state index contributed by atoms with van der Waals surface area (Å²) >= 11 is 3.51. The molecule has 0 heterocycles. The molecule has 0 bridgehead atoms. The lowest BCUT2D eigenvalue weighted by Crippen LogP contribution is -2.30. The van der Waals surface area contributed by atoms with Crippen molar-refractivity contribution in [3.05, 3.63) is 27.7 Å². The van der Waals surface area contributed by atoms with Crippen molar-refractivity contribution in [3.63, 3.8) is 0 Å². The van der Waals surface area contributed by atoms with Crippen molar-refractivity contribution in [2.24, 2.45) is 5.92 Å². The highest BCUT2D eigenvalue weighted by Gasteiger charge is 2.27. The molecular formula is C20H31BrN2O3. The van der Waals surface area contributed by atoms with Gasteiger partial charge in [-0.1, -0.05) is 26.2 Å². The number of hydrogen-bond acceptors (Lipinski definition) is 5. The molecule has 1 unspecified atom stereocenters. The highest BCUT2D eigenvalue weighted by molar-refractivity contribution is 9.10. The number of ether oxygens (including phenoxy) is 1. The number of rotatable bonds is 9. The van der Waals surface area contributed by atoms with Gasteiger partial charge in [-0.05, 0) is 71.8 Å². The number of carbonyl (C=O) groups excluding carboxylic acids is 1. The zero-order valence-electron chi connectivity index (χ0n) is 15.6. The lowest BCUT2D eigenvalue weighted by molar-refractivity contribution is 0.0492. The summed E-state index contributed by atoms with van der Waals surface area (Å²) in [5, 5.41) is 12.4. The van der Waals surface area contributed by atoms with Gasteiger partial charge in [0.15, 0.2) is 0 Å². The Balaban J connectivity index is 2.22. The zero-order chi connectivity index (χ0) is 18.9. The third kappa shape index (κ3) is 5.69. The summed E-state index contributed by atoms with van der Waals surface area (Å²) in [6.07, 6.45) is 7.46. The molecule has 0 amide bonds. The van der Waals surface area contributed by atoms with Crippen LogP contribution in [0, 0.1) is 5.92 Å². The van der Waals surface area contributed by atoms with Crippen molar-refractivity contribution >= 4 is 27.6 Å². The Labute approximate surface area is 164 Å². The van der Waals surface area contributed by atoms with Crippen LogP contribution >= 0.6 is 15.9 Å². The molecule has 1 saturated carbocycles. The Morgan fingerprint density at radius 2 is 2.08 bits per heavy atom. The molecule has 1 aliphatic carbocycles. The van der Waals surface area contributed by atoms with Gasteiger partial charge in [0.25, 0.3) is 0 Å². The van der Waals surface area contributed by atoms with Crippen LogP contribution in [-0.2, 0) is 4.74 Å². The van der Waals surface area contributed by atoms with E-state index in [1.165, 1.54) is 32.1 Å². The molecule has 0 aromatic heterocycles. The van der Waals surface area contributed by atoms with Gasteiger partial charge in [-0.15, -0.1) is 0 Å². The minimum Gasteiger partial charge on any atom is -0.462 e. The van der Waals surface area contributed by atoms with E-state index in [2.05, 4.69) is 28.2 Å². The zero-order valence-corrected chi connectivity index (χ0v) is 17.2. The van der Waals surface area contributed by atoms with Crippen LogP contribution in [0.4, 0.5) is 5.69 Å². The van der Waals surface area contributed by atoms with Crippen LogP contribution in [-0.4, -0.2) is 30.8 Å². The van der Waals surface area contributed by atoms with Crippen LogP contribution < -0.4 is 11.1 Å². The van der Waals surface area contributed by atoms with Gasteiger partial charge in [0.2, 0.25) is 0 Å². The fraction of sp³-hybridized carbons (Fsp3) is 0.650. The van der Waals surface area contributed by atoms with E-state index >= 15 is 0 Å². The van der Waals surface area contributed by atoms with Gasteiger partial charge in [0.1, 0.15) is 0 Å². The number of nitrogen functional groups attached to an aromatic ring is 1. The van der Waals surface area contributed by atoms with Gasteiger partial charge in [0.05, 0.1) is 17.9 Å². The average molecular weight is 427 g/mol. The number of halogens is 1. The van der Waals surface area contributed by atoms with Crippen molar-refractivity contribution in [1.29, 1.82) is 0 Å². The molecular weight excluding hydrogens is 396 g/mol. The molecule has 146 valence electrons. The Morgan fingerprint density at radius 1 is 1.35 bits per heavy atom. The molecule has 0 radical (unpaired) electrons. The normalized spacial score (nSPS) is 16.4. The molecule has 1 aromatic rings. The highest BCUT2D eigenvalue weighted by atomic mass is 79.9. The first-order valence-electron chi connectivity index (χ1n) is 9.68. The number of nitrogens with one attached hydrogen (secondary N) is 1. The molecule has 1 atom stereocenters. The standard InChI is InChI=1S/C20H31BrN2O3/c1-2-23-19(14-8-4-3-5-9-14)16-12-15(13-17(21)18(16)22)20(25)26-11-7-6-10-24/h12-14,19,23-24H,2-11,22H2,1H3. The summed E-state index contributed by atoms with van der Waals surface area (Å²) in [5.74, 6) is 0.192. The highest BCUT2D eigenvalue weighted by Crippen LogP contribution is 2.39. The summed E-state index contributed by atoms with van der Waals surface area (Å²) in [4.78, 5) is 12.4. The number of aliphatic hydroxyl groups excluding tert-OH is 1. The fourth-order valence-corrected chi connectivity index (χ4v) is 4.17. The number of unbranched alkanes of at least 4 members (excludes halogenated alkanes) is 1. The third-order valence-electron chi connectivity index (χ3n) is 5.06. The molecule has 1 aliphatic rings. The Kier molecular flexibility index (Phi) is 8.88. The molecule has 1 aromatic carbocycles. The molecule has 4 N–H and O–H groups in total. The SMILES string of the molecule is CCNC(c1cc(C(=O)OCCCCO)cc(Br)c1N)C1CCCCC1. The minimum atomic E-state index is -0.344. The van der Waals surface area contributed by atoms with Gasteiger partial charge < -0.3 is 20.9 Å². The second kappa shape index (κ2) is 10.9. The van der Waals surface area contributed by atoms with E-state index < -0.39 is 0 Å². The van der Waals surface area contributed by atoms with Crippen molar-refractivity contribution < 1.29 is 14.6 Å². The van der Waals surface area contributed by atoms with Crippen LogP contribution in [0.15, 0.2) is 16.6 Å². The molecule has 1 fully saturated rings. The maximum atomic E-state index is 12.4. The predicted octanol–water partition coefficient (Wildman–Crippen LogP) is 4.19. The molecule has 2 rings (SSSR count). The Bertz CT molecular complexity index is 589. The monoisotopic (exact) mass is 426 g/mol. The van der Waals surface area contributed by atoms with Crippen LogP contribution in [0.1, 0.15) is 73.8 Å². The average Bonchev–Trinajstić information content (AvgIpc) is 2.66. The van der Waals surface area contributed by atoms with Crippen molar-refractivity contribution in [3.8, 4) is 0 Å². The van der Waals surface area contributed by atoms with Gasteiger partial charge in [-0.2, -0.15) is 0 Å². The molecule has 6 heteroatoms. The number of esters is 1. The second-order valence-corrected chi connectivity index (χ2v) is 7.82. The summed E-state index contributed by atoms with van der Waals surface area (Å²) in [7, 11) is 0. The maximum absolute atomic E-state index is 12.4. The topological polar surface area (TPSA) is 84.6 Å². The van der Waals surface area contributed by atoms with Gasteiger partial charge >= 0.3 is 5.97 Å². The lowest BCUT2D eigenvalue weighted by Gasteiger charge is -2.32. The molecule has 0 spiro atoms. The first-order valence-corrected chi connectivity index (χ1v) is 10.5. The third-order valence-corrected chi connectivity index (χ3v) is 5.72. The molecule has 26 heavy (non-hydrogen) atoms. The first-order chi connectivity index (χ1) is 12.6. The Hall–Kier alpha value is -1.11. The summed E-state index contributed by atoms with van der Waals surface area (Å²) in [5.41, 5.74) is 8.55.